The lowest BCUT2D eigenvalue weighted by molar-refractivity contribution is 0.303. The van der Waals surface area contributed by atoms with Gasteiger partial charge in [-0.1, -0.05) is 237 Å². The molecule has 0 atom stereocenters. The van der Waals surface area contributed by atoms with Gasteiger partial charge in [-0.25, -0.2) is 17.6 Å². The predicted octanol–water partition coefficient (Wildman–Crippen LogP) is 28.3. The Kier molecular flexibility index (Phi) is 27.9. The highest BCUT2D eigenvalue weighted by Gasteiger charge is 2.26. The molecule has 94 heavy (non-hydrogen) atoms. The molecule has 0 bridgehead atoms. The molecule has 0 aliphatic heterocycles. The molecule has 8 aromatic rings. The highest BCUT2D eigenvalue weighted by atomic mass is 19.1. The second-order valence-electron chi connectivity index (χ2n) is 29.0. The number of hydrogen-bond acceptors (Lipinski definition) is 0. The van der Waals surface area contributed by atoms with Gasteiger partial charge in [0, 0.05) is 0 Å². The normalized spacial score (nSPS) is 21.1. The van der Waals surface area contributed by atoms with E-state index in [4.69, 9.17) is 0 Å². The SMILES string of the molecule is CCC1CCC(c2ccc(-c3ccc(C)c(F)c3)cc2)CC1.CCCC1CCC(c2ccc(-c3ccc(C)c(F)c3)cc2)CC1.CCCCC1CCC(c2ccc(-c3ccc(C)c(F)c3)cc2)CC1.CCCCCC1CCC(c2ccc(-c3ccc(C)c(F)c3)cc2)CC1. The lowest BCUT2D eigenvalue weighted by Gasteiger charge is -2.29. The summed E-state index contributed by atoms with van der Waals surface area (Å²) in [7, 11) is 0. The molecule has 4 aliphatic carbocycles. The van der Waals surface area contributed by atoms with Crippen molar-refractivity contribution >= 4 is 0 Å². The molecule has 4 aliphatic rings. The van der Waals surface area contributed by atoms with Crippen molar-refractivity contribution in [3.8, 4) is 44.5 Å². The quantitative estimate of drug-likeness (QED) is 0.0593. The highest BCUT2D eigenvalue weighted by molar-refractivity contribution is 5.67. The van der Waals surface area contributed by atoms with E-state index in [1.165, 1.54) is 189 Å². The maximum absolute atomic E-state index is 13.8. The molecule has 0 heterocycles. The summed E-state index contributed by atoms with van der Waals surface area (Å²) in [5.41, 5.74) is 16.9. The molecule has 4 saturated carbocycles. The molecule has 0 aromatic heterocycles. The van der Waals surface area contributed by atoms with E-state index in [0.717, 1.165) is 68.2 Å². The molecule has 0 unspecified atom stereocenters. The third kappa shape index (κ3) is 20.7. The first kappa shape index (κ1) is 71.8. The highest BCUT2D eigenvalue weighted by Crippen LogP contribution is 2.42. The second-order valence-corrected chi connectivity index (χ2v) is 29.0. The summed E-state index contributed by atoms with van der Waals surface area (Å²) < 4.78 is 55.0. The Balaban J connectivity index is 0.000000148. The molecule has 0 saturated heterocycles. The largest absolute Gasteiger partial charge is 0.207 e. The van der Waals surface area contributed by atoms with Crippen molar-refractivity contribution in [1.29, 1.82) is 0 Å². The zero-order valence-electron chi connectivity index (χ0n) is 58.7. The van der Waals surface area contributed by atoms with Crippen LogP contribution >= 0.6 is 0 Å². The van der Waals surface area contributed by atoms with Gasteiger partial charge in [-0.05, 0) is 291 Å². The summed E-state index contributed by atoms with van der Waals surface area (Å²) in [6.07, 6.45) is 35.3. The summed E-state index contributed by atoms with van der Waals surface area (Å²) >= 11 is 0. The zero-order chi connectivity index (χ0) is 66.3. The van der Waals surface area contributed by atoms with Gasteiger partial charge in [0.25, 0.3) is 0 Å². The minimum Gasteiger partial charge on any atom is -0.207 e. The van der Waals surface area contributed by atoms with E-state index in [0.29, 0.717) is 45.9 Å². The number of unbranched alkanes of at least 4 members (excludes halogenated alkanes) is 3. The molecular formula is C90H112F4. The molecule has 0 radical (unpaired) electrons. The molecule has 8 aromatic carbocycles. The van der Waals surface area contributed by atoms with Crippen LogP contribution in [0.1, 0.15) is 263 Å². The molecule has 500 valence electrons. The van der Waals surface area contributed by atoms with Gasteiger partial charge in [-0.15, -0.1) is 0 Å². The molecule has 4 heteroatoms. The van der Waals surface area contributed by atoms with E-state index in [9.17, 15) is 17.6 Å². The van der Waals surface area contributed by atoms with Crippen molar-refractivity contribution in [2.75, 3.05) is 0 Å². The Bertz CT molecular complexity index is 3510. The van der Waals surface area contributed by atoms with Crippen LogP contribution in [0.5, 0.6) is 0 Å². The first-order valence-electron chi connectivity index (χ1n) is 37.1. The van der Waals surface area contributed by atoms with Gasteiger partial charge in [0.05, 0.1) is 0 Å². The van der Waals surface area contributed by atoms with Gasteiger partial charge in [-0.2, -0.15) is 0 Å². The van der Waals surface area contributed by atoms with Crippen molar-refractivity contribution in [1.82, 2.24) is 0 Å². The van der Waals surface area contributed by atoms with Gasteiger partial charge >= 0.3 is 0 Å². The first-order valence-corrected chi connectivity index (χ1v) is 37.1. The van der Waals surface area contributed by atoms with Crippen molar-refractivity contribution in [2.24, 2.45) is 23.7 Å². The van der Waals surface area contributed by atoms with Crippen LogP contribution in [0.4, 0.5) is 17.6 Å². The topological polar surface area (TPSA) is 0 Å². The number of halogens is 4. The van der Waals surface area contributed by atoms with E-state index in [1.807, 2.05) is 48.5 Å². The van der Waals surface area contributed by atoms with Gasteiger partial charge in [0.2, 0.25) is 0 Å². The average Bonchev–Trinajstić information content (AvgIpc) is 1.06. The van der Waals surface area contributed by atoms with Crippen molar-refractivity contribution in [3.63, 3.8) is 0 Å². The Morgan fingerprint density at radius 1 is 0.245 bits per heavy atom. The molecule has 0 nitrogen and oxygen atoms in total. The number of hydrogen-bond donors (Lipinski definition) is 0. The molecule has 0 N–H and O–H groups in total. The van der Waals surface area contributed by atoms with Crippen LogP contribution in [0, 0.1) is 74.6 Å². The lowest BCUT2D eigenvalue weighted by atomic mass is 9.77. The fourth-order valence-electron chi connectivity index (χ4n) is 15.7. The maximum atomic E-state index is 13.8. The minimum atomic E-state index is -0.125. The third-order valence-electron chi connectivity index (χ3n) is 22.4. The van der Waals surface area contributed by atoms with Crippen LogP contribution in [0.25, 0.3) is 44.5 Å². The van der Waals surface area contributed by atoms with E-state index in [2.05, 4.69) is 125 Å². The zero-order valence-corrected chi connectivity index (χ0v) is 58.7. The third-order valence-corrected chi connectivity index (χ3v) is 22.4. The number of aryl methyl sites for hydroxylation is 4. The molecule has 12 rings (SSSR count). The molecule has 0 amide bonds. The maximum Gasteiger partial charge on any atom is 0.126 e. The summed E-state index contributed by atoms with van der Waals surface area (Å²) in [4.78, 5) is 0. The number of rotatable bonds is 18. The van der Waals surface area contributed by atoms with Crippen LogP contribution in [0.2, 0.25) is 0 Å². The molecule has 0 spiro atoms. The van der Waals surface area contributed by atoms with Crippen LogP contribution in [0.3, 0.4) is 0 Å². The fourth-order valence-corrected chi connectivity index (χ4v) is 15.7. The monoisotopic (exact) mass is 1270 g/mol. The smallest absolute Gasteiger partial charge is 0.126 e. The van der Waals surface area contributed by atoms with Crippen molar-refractivity contribution in [2.45, 2.75) is 246 Å². The van der Waals surface area contributed by atoms with E-state index >= 15 is 0 Å². The predicted molar refractivity (Wildman–Crippen MR) is 394 cm³/mol. The van der Waals surface area contributed by atoms with E-state index in [-0.39, 0.29) is 23.3 Å². The van der Waals surface area contributed by atoms with Crippen LogP contribution in [0.15, 0.2) is 170 Å². The summed E-state index contributed by atoms with van der Waals surface area (Å²) in [6, 6.07) is 57.2. The van der Waals surface area contributed by atoms with Crippen molar-refractivity contribution in [3.05, 3.63) is 238 Å². The standard InChI is InChI=1S/C24H31F.C23H29F.C22H27F.C21H25F/c1-3-4-5-6-19-8-11-20(12-9-19)21-13-15-22(16-14-21)23-10-7-18(2)24(25)17-23;1-3-4-5-18-7-10-19(11-8-18)20-12-14-21(15-13-20)22-9-6-17(2)23(24)16-22;1-3-4-17-6-9-18(10-7-17)19-11-13-20(14-12-19)21-8-5-16(2)22(23)15-21;1-3-16-5-8-17(9-6-16)18-10-12-19(13-11-18)20-7-4-15(2)21(22)14-20/h7,10,13-17,19-20H,3-6,8-9,11-12H2,1-2H3;6,9,12-16,18-19H,3-5,7-8,10-11H2,1-2H3;5,8,11-15,17-18H,3-4,6-7,9-10H2,1-2H3;4,7,10-14,16-17H,3,5-6,8-9H2,1-2H3. The van der Waals surface area contributed by atoms with Crippen LogP contribution in [-0.2, 0) is 0 Å². The molecular weight excluding hydrogens is 1160 g/mol. The van der Waals surface area contributed by atoms with Crippen LogP contribution < -0.4 is 0 Å². The second kappa shape index (κ2) is 36.6. The Hall–Kier alpha value is -6.52. The Morgan fingerprint density at radius 3 is 0.713 bits per heavy atom. The average molecular weight is 1270 g/mol. The molecule has 4 fully saturated rings. The van der Waals surface area contributed by atoms with Gasteiger partial charge in [-0.3, -0.25) is 0 Å². The van der Waals surface area contributed by atoms with Crippen molar-refractivity contribution < 1.29 is 17.6 Å². The Morgan fingerprint density at radius 2 is 0.479 bits per heavy atom. The fraction of sp³-hybridized carbons (Fsp3) is 0.467. The van der Waals surface area contributed by atoms with Gasteiger partial charge in [0.15, 0.2) is 0 Å². The minimum absolute atomic E-state index is 0.122. The Labute approximate surface area is 566 Å². The van der Waals surface area contributed by atoms with Crippen LogP contribution in [-0.4, -0.2) is 0 Å². The summed E-state index contributed by atoms with van der Waals surface area (Å²) in [6.45, 7) is 16.4. The number of benzene rings is 8. The summed E-state index contributed by atoms with van der Waals surface area (Å²) in [5, 5.41) is 0. The van der Waals surface area contributed by atoms with E-state index < -0.39 is 0 Å². The first-order chi connectivity index (χ1) is 45.7. The lowest BCUT2D eigenvalue weighted by Crippen LogP contribution is -2.13. The summed E-state index contributed by atoms with van der Waals surface area (Å²) in [5.74, 6) is 6.16. The van der Waals surface area contributed by atoms with Gasteiger partial charge in [0.1, 0.15) is 23.3 Å². The van der Waals surface area contributed by atoms with Gasteiger partial charge < -0.3 is 0 Å². The van der Waals surface area contributed by atoms with E-state index in [1.54, 1.807) is 52.0 Å².